The second kappa shape index (κ2) is 8.28. The number of nitrogens with one attached hydrogen (secondary N) is 1. The van der Waals surface area contributed by atoms with Gasteiger partial charge in [0.25, 0.3) is 0 Å². The van der Waals surface area contributed by atoms with Crippen LogP contribution in [0, 0.1) is 5.92 Å². The van der Waals surface area contributed by atoms with Gasteiger partial charge in [0.1, 0.15) is 0 Å². The Bertz CT molecular complexity index is 308. The average molecular weight is 248 g/mol. The zero-order valence-electron chi connectivity index (χ0n) is 12.3. The Balaban J connectivity index is 2.66. The molecule has 1 N–H and O–H groups in total. The maximum Gasteiger partial charge on any atom is 0.0347 e. The number of benzene rings is 1. The Kier molecular flexibility index (Phi) is 6.99. The van der Waals surface area contributed by atoms with Crippen LogP contribution in [0.15, 0.2) is 30.3 Å². The Hall–Kier alpha value is -0.860. The van der Waals surface area contributed by atoms with Crippen molar-refractivity contribution in [2.75, 3.05) is 27.2 Å². The van der Waals surface area contributed by atoms with E-state index in [1.54, 1.807) is 0 Å². The van der Waals surface area contributed by atoms with Gasteiger partial charge in [-0.2, -0.15) is 0 Å². The molecule has 0 spiro atoms. The third kappa shape index (κ3) is 5.19. The van der Waals surface area contributed by atoms with Gasteiger partial charge in [-0.25, -0.2) is 0 Å². The summed E-state index contributed by atoms with van der Waals surface area (Å²) in [5.41, 5.74) is 1.44. The lowest BCUT2D eigenvalue weighted by molar-refractivity contribution is 0.212. The van der Waals surface area contributed by atoms with Gasteiger partial charge in [0, 0.05) is 6.04 Å². The summed E-state index contributed by atoms with van der Waals surface area (Å²) in [5.74, 6) is 0.724. The van der Waals surface area contributed by atoms with Crippen LogP contribution < -0.4 is 5.32 Å². The second-order valence-corrected chi connectivity index (χ2v) is 5.49. The van der Waals surface area contributed by atoms with Gasteiger partial charge in [-0.15, -0.1) is 0 Å². The fourth-order valence-electron chi connectivity index (χ4n) is 2.35. The van der Waals surface area contributed by atoms with Gasteiger partial charge in [-0.1, -0.05) is 44.2 Å². The van der Waals surface area contributed by atoms with Crippen LogP contribution in [0.3, 0.4) is 0 Å². The molecule has 0 heterocycles. The van der Waals surface area contributed by atoms with E-state index in [0.29, 0.717) is 6.04 Å². The first kappa shape index (κ1) is 15.2. The van der Waals surface area contributed by atoms with E-state index in [2.05, 4.69) is 61.4 Å². The first-order valence-corrected chi connectivity index (χ1v) is 7.05. The molecule has 0 aliphatic carbocycles. The van der Waals surface area contributed by atoms with Crippen molar-refractivity contribution in [1.29, 1.82) is 0 Å². The van der Waals surface area contributed by atoms with Crippen LogP contribution in [0.4, 0.5) is 0 Å². The molecule has 0 aliphatic rings. The summed E-state index contributed by atoms with van der Waals surface area (Å²) in [6.07, 6.45) is 2.43. The highest BCUT2D eigenvalue weighted by molar-refractivity contribution is 5.19. The van der Waals surface area contributed by atoms with Crippen LogP contribution in [0.25, 0.3) is 0 Å². The summed E-state index contributed by atoms with van der Waals surface area (Å²) in [4.78, 5) is 2.49. The van der Waals surface area contributed by atoms with Crippen molar-refractivity contribution >= 4 is 0 Å². The Morgan fingerprint density at radius 1 is 1.17 bits per heavy atom. The smallest absolute Gasteiger partial charge is 0.0347 e. The van der Waals surface area contributed by atoms with Crippen LogP contribution in [-0.2, 0) is 0 Å². The summed E-state index contributed by atoms with van der Waals surface area (Å²) in [5, 5.41) is 3.22. The number of hydrogen-bond acceptors (Lipinski definition) is 2. The Labute approximate surface area is 112 Å². The molecule has 102 valence electrons. The van der Waals surface area contributed by atoms with Crippen molar-refractivity contribution in [3.05, 3.63) is 35.9 Å². The lowest BCUT2D eigenvalue weighted by Gasteiger charge is -2.30. The minimum Gasteiger partial charge on any atom is -0.320 e. The Morgan fingerprint density at radius 3 is 2.39 bits per heavy atom. The fourth-order valence-corrected chi connectivity index (χ4v) is 2.35. The van der Waals surface area contributed by atoms with Crippen molar-refractivity contribution in [1.82, 2.24) is 10.2 Å². The maximum absolute atomic E-state index is 3.22. The molecule has 18 heavy (non-hydrogen) atoms. The molecule has 1 rings (SSSR count). The van der Waals surface area contributed by atoms with E-state index in [0.717, 1.165) is 19.0 Å². The molecule has 0 fully saturated rings. The molecular weight excluding hydrogens is 220 g/mol. The fraction of sp³-hybridized carbons (Fsp3) is 0.625. The van der Waals surface area contributed by atoms with Crippen molar-refractivity contribution in [3.63, 3.8) is 0 Å². The van der Waals surface area contributed by atoms with Crippen LogP contribution >= 0.6 is 0 Å². The van der Waals surface area contributed by atoms with Gasteiger partial charge in [0.15, 0.2) is 0 Å². The molecule has 0 bridgehead atoms. The molecule has 0 aliphatic heterocycles. The summed E-state index contributed by atoms with van der Waals surface area (Å²) >= 11 is 0. The van der Waals surface area contributed by atoms with Crippen LogP contribution in [0.2, 0.25) is 0 Å². The summed E-state index contributed by atoms with van der Waals surface area (Å²) in [6, 6.07) is 11.4. The molecule has 0 saturated carbocycles. The van der Waals surface area contributed by atoms with E-state index < -0.39 is 0 Å². The van der Waals surface area contributed by atoms with Crippen molar-refractivity contribution < 1.29 is 0 Å². The molecule has 0 amide bonds. The normalized spacial score (nSPS) is 13.2. The third-order valence-corrected chi connectivity index (χ3v) is 3.35. The monoisotopic (exact) mass is 248 g/mol. The maximum atomic E-state index is 3.22. The quantitative estimate of drug-likeness (QED) is 0.710. The minimum absolute atomic E-state index is 0.544. The predicted octanol–water partition coefficient (Wildman–Crippen LogP) is 3.32. The van der Waals surface area contributed by atoms with E-state index in [1.807, 2.05) is 7.05 Å². The lowest BCUT2D eigenvalue weighted by atomic mass is 9.96. The van der Waals surface area contributed by atoms with Crippen LogP contribution in [0.5, 0.6) is 0 Å². The van der Waals surface area contributed by atoms with Crippen LogP contribution in [0.1, 0.15) is 38.3 Å². The van der Waals surface area contributed by atoms with Gasteiger partial charge in [0.2, 0.25) is 0 Å². The number of nitrogens with zero attached hydrogens (tertiary/aromatic N) is 1. The highest BCUT2D eigenvalue weighted by Crippen LogP contribution is 2.26. The van der Waals surface area contributed by atoms with Gasteiger partial charge in [-0.05, 0) is 51.5 Å². The lowest BCUT2D eigenvalue weighted by Crippen LogP contribution is -2.28. The molecular formula is C16H28N2. The van der Waals surface area contributed by atoms with Gasteiger partial charge in [-0.3, -0.25) is 4.90 Å². The molecule has 1 aromatic rings. The number of hydrogen-bond donors (Lipinski definition) is 1. The second-order valence-electron chi connectivity index (χ2n) is 5.49. The molecule has 1 unspecified atom stereocenters. The topological polar surface area (TPSA) is 15.3 Å². The molecule has 0 radical (unpaired) electrons. The Morgan fingerprint density at radius 2 is 1.83 bits per heavy atom. The van der Waals surface area contributed by atoms with Crippen molar-refractivity contribution in [2.24, 2.45) is 5.92 Å². The molecule has 1 atom stereocenters. The first-order chi connectivity index (χ1) is 8.65. The van der Waals surface area contributed by atoms with Crippen LogP contribution in [-0.4, -0.2) is 32.1 Å². The summed E-state index contributed by atoms with van der Waals surface area (Å²) < 4.78 is 0. The first-order valence-electron chi connectivity index (χ1n) is 7.05. The summed E-state index contributed by atoms with van der Waals surface area (Å²) in [7, 11) is 4.26. The van der Waals surface area contributed by atoms with E-state index in [-0.39, 0.29) is 0 Å². The van der Waals surface area contributed by atoms with Crippen molar-refractivity contribution in [2.45, 2.75) is 32.7 Å². The zero-order valence-corrected chi connectivity index (χ0v) is 12.3. The average Bonchev–Trinajstić information content (AvgIpc) is 2.37. The largest absolute Gasteiger partial charge is 0.320 e. The molecule has 0 aromatic heterocycles. The molecule has 0 saturated heterocycles. The highest BCUT2D eigenvalue weighted by atomic mass is 15.1. The summed E-state index contributed by atoms with van der Waals surface area (Å²) in [6.45, 7) is 6.84. The van der Waals surface area contributed by atoms with Gasteiger partial charge < -0.3 is 5.32 Å². The standard InChI is InChI=1S/C16H28N2/c1-14(2)13-16(15-9-6-5-7-10-15)18(4)12-8-11-17-3/h5-7,9-10,14,16-17H,8,11-13H2,1-4H3. The molecule has 2 nitrogen and oxygen atoms in total. The highest BCUT2D eigenvalue weighted by Gasteiger charge is 2.17. The van der Waals surface area contributed by atoms with E-state index >= 15 is 0 Å². The molecule has 1 aromatic carbocycles. The third-order valence-electron chi connectivity index (χ3n) is 3.35. The number of rotatable bonds is 8. The SMILES string of the molecule is CNCCCN(C)C(CC(C)C)c1ccccc1. The van der Waals surface area contributed by atoms with Gasteiger partial charge in [0.05, 0.1) is 0 Å². The van der Waals surface area contributed by atoms with Gasteiger partial charge >= 0.3 is 0 Å². The minimum atomic E-state index is 0.544. The van der Waals surface area contributed by atoms with E-state index in [9.17, 15) is 0 Å². The van der Waals surface area contributed by atoms with E-state index in [4.69, 9.17) is 0 Å². The predicted molar refractivity (Wildman–Crippen MR) is 79.8 cm³/mol. The van der Waals surface area contributed by atoms with E-state index in [1.165, 1.54) is 18.4 Å². The molecule has 2 heteroatoms. The zero-order chi connectivity index (χ0) is 13.4. The van der Waals surface area contributed by atoms with Crippen molar-refractivity contribution in [3.8, 4) is 0 Å².